The van der Waals surface area contributed by atoms with Gasteiger partial charge >= 0.3 is 0 Å². The number of carbonyl (C=O) groups excluding carboxylic acids is 2. The molecule has 1 heterocycles. The van der Waals surface area contributed by atoms with Gasteiger partial charge in [0.2, 0.25) is 5.91 Å². The van der Waals surface area contributed by atoms with Crippen molar-refractivity contribution in [3.05, 3.63) is 112 Å². The van der Waals surface area contributed by atoms with Crippen molar-refractivity contribution in [1.82, 2.24) is 20.4 Å². The predicted molar refractivity (Wildman–Crippen MR) is 141 cm³/mol. The summed E-state index contributed by atoms with van der Waals surface area (Å²) in [4.78, 5) is 25.8. The van der Waals surface area contributed by atoms with Gasteiger partial charge in [-0.15, -0.1) is 0 Å². The summed E-state index contributed by atoms with van der Waals surface area (Å²) in [7, 11) is 1.56. The maximum Gasteiger partial charge on any atom is 0.272 e. The number of carbonyl (C=O) groups is 2. The molecule has 6 nitrogen and oxygen atoms in total. The van der Waals surface area contributed by atoms with Crippen molar-refractivity contribution in [2.45, 2.75) is 25.9 Å². The molecule has 2 N–H and O–H groups in total. The van der Waals surface area contributed by atoms with Gasteiger partial charge in [0, 0.05) is 17.9 Å². The molecular weight excluding hydrogens is 504 g/mol. The Kier molecular flexibility index (Phi) is 7.77. The van der Waals surface area contributed by atoms with E-state index < -0.39 is 11.9 Å². The first-order valence-corrected chi connectivity index (χ1v) is 12.2. The predicted octanol–water partition coefficient (Wildman–Crippen LogP) is 4.76. The Morgan fingerprint density at radius 3 is 2.34 bits per heavy atom. The third-order valence-corrected chi connectivity index (χ3v) is 6.23. The molecule has 178 valence electrons. The number of halogens is 1. The van der Waals surface area contributed by atoms with E-state index in [0.717, 1.165) is 32.4 Å². The molecule has 0 bridgehead atoms. The van der Waals surface area contributed by atoms with Gasteiger partial charge in [-0.1, -0.05) is 88.2 Å². The molecule has 7 heteroatoms. The van der Waals surface area contributed by atoms with Gasteiger partial charge < -0.3 is 10.6 Å². The Labute approximate surface area is 213 Å². The van der Waals surface area contributed by atoms with Crippen LogP contribution in [0.4, 0.5) is 0 Å². The number of likely N-dealkylation sites (N-methyl/N-ethyl adjacent to an activating group) is 1. The van der Waals surface area contributed by atoms with Crippen LogP contribution in [0, 0.1) is 6.92 Å². The molecule has 3 aromatic carbocycles. The van der Waals surface area contributed by atoms with Gasteiger partial charge in [0.25, 0.3) is 5.91 Å². The molecule has 0 fully saturated rings. The number of amides is 2. The molecule has 4 rings (SSSR count). The summed E-state index contributed by atoms with van der Waals surface area (Å²) in [6.07, 6.45) is 0.362. The number of nitrogens with one attached hydrogen (secondary N) is 2. The lowest BCUT2D eigenvalue weighted by Crippen LogP contribution is -2.47. The van der Waals surface area contributed by atoms with Gasteiger partial charge in [-0.3, -0.25) is 14.3 Å². The first-order valence-electron chi connectivity index (χ1n) is 11.4. The molecule has 35 heavy (non-hydrogen) atoms. The van der Waals surface area contributed by atoms with Gasteiger partial charge in [0.05, 0.1) is 12.2 Å². The molecule has 1 aromatic heterocycles. The Morgan fingerprint density at radius 2 is 1.66 bits per heavy atom. The van der Waals surface area contributed by atoms with Gasteiger partial charge in [-0.05, 0) is 41.8 Å². The van der Waals surface area contributed by atoms with E-state index in [1.165, 1.54) is 0 Å². The fraction of sp³-hybridized carbons (Fsp3) is 0.179. The molecule has 4 aromatic rings. The Bertz CT molecular complexity index is 1320. The Morgan fingerprint density at radius 1 is 0.943 bits per heavy atom. The summed E-state index contributed by atoms with van der Waals surface area (Å²) >= 11 is 3.46. The van der Waals surface area contributed by atoms with E-state index in [-0.39, 0.29) is 11.6 Å². The Balaban J connectivity index is 1.63. The maximum absolute atomic E-state index is 13.3. The van der Waals surface area contributed by atoms with Crippen LogP contribution in [0.2, 0.25) is 0 Å². The fourth-order valence-corrected chi connectivity index (χ4v) is 4.32. The summed E-state index contributed by atoms with van der Waals surface area (Å²) in [5, 5.41) is 10.1. The zero-order valence-electron chi connectivity index (χ0n) is 19.7. The minimum absolute atomic E-state index is 0.263. The van der Waals surface area contributed by atoms with Crippen LogP contribution in [0.25, 0.3) is 11.3 Å². The van der Waals surface area contributed by atoms with Crippen LogP contribution < -0.4 is 10.6 Å². The molecule has 0 saturated heterocycles. The highest BCUT2D eigenvalue weighted by Crippen LogP contribution is 2.23. The highest BCUT2D eigenvalue weighted by Gasteiger charge is 2.23. The molecule has 0 spiro atoms. The lowest BCUT2D eigenvalue weighted by Gasteiger charge is -2.17. The van der Waals surface area contributed by atoms with Gasteiger partial charge in [0.1, 0.15) is 6.04 Å². The molecule has 1 atom stereocenters. The third kappa shape index (κ3) is 6.25. The largest absolute Gasteiger partial charge is 0.357 e. The standard InChI is InChI=1S/C28H27BrN4O2/c1-19-11-13-22(14-12-19)26-17-25(32-33(26)18-20-7-4-3-5-8-20)28(35)31-24(27(34)30-2)16-21-9-6-10-23(29)15-21/h3-15,17,24H,16,18H2,1-2H3,(H,30,34)(H,31,35)/t24-/m0/s1. The van der Waals surface area contributed by atoms with Gasteiger partial charge in [-0.25, -0.2) is 0 Å². The number of aromatic nitrogens is 2. The van der Waals surface area contributed by atoms with Crippen molar-refractivity contribution < 1.29 is 9.59 Å². The van der Waals surface area contributed by atoms with Crippen molar-refractivity contribution in [3.63, 3.8) is 0 Å². The lowest BCUT2D eigenvalue weighted by atomic mass is 10.0. The quantitative estimate of drug-likeness (QED) is 0.345. The van der Waals surface area contributed by atoms with E-state index >= 15 is 0 Å². The maximum atomic E-state index is 13.3. The fourth-order valence-electron chi connectivity index (χ4n) is 3.88. The molecule has 0 saturated carbocycles. The second-order valence-electron chi connectivity index (χ2n) is 8.40. The minimum Gasteiger partial charge on any atom is -0.357 e. The van der Waals surface area contributed by atoms with Crippen molar-refractivity contribution in [2.75, 3.05) is 7.05 Å². The molecule has 0 aliphatic rings. The van der Waals surface area contributed by atoms with Crippen LogP contribution in [0.3, 0.4) is 0 Å². The molecule has 0 radical (unpaired) electrons. The zero-order valence-corrected chi connectivity index (χ0v) is 21.2. The highest BCUT2D eigenvalue weighted by atomic mass is 79.9. The van der Waals surface area contributed by atoms with E-state index in [2.05, 4.69) is 31.7 Å². The normalized spacial score (nSPS) is 11.6. The first kappa shape index (κ1) is 24.4. The summed E-state index contributed by atoms with van der Waals surface area (Å²) < 4.78 is 2.75. The van der Waals surface area contributed by atoms with E-state index in [4.69, 9.17) is 0 Å². The van der Waals surface area contributed by atoms with Crippen LogP contribution in [0.1, 0.15) is 27.2 Å². The number of benzene rings is 3. The van der Waals surface area contributed by atoms with Crippen LogP contribution >= 0.6 is 15.9 Å². The third-order valence-electron chi connectivity index (χ3n) is 5.73. The molecular formula is C28H27BrN4O2. The van der Waals surface area contributed by atoms with Crippen molar-refractivity contribution in [1.29, 1.82) is 0 Å². The molecule has 2 amide bonds. The minimum atomic E-state index is -0.733. The average molecular weight is 531 g/mol. The second kappa shape index (κ2) is 11.1. The van der Waals surface area contributed by atoms with Gasteiger partial charge in [-0.2, -0.15) is 5.10 Å². The van der Waals surface area contributed by atoms with Gasteiger partial charge in [0.15, 0.2) is 5.69 Å². The molecule has 0 aliphatic carbocycles. The van der Waals surface area contributed by atoms with Crippen LogP contribution in [0.15, 0.2) is 89.4 Å². The van der Waals surface area contributed by atoms with Crippen molar-refractivity contribution in [2.24, 2.45) is 0 Å². The van der Waals surface area contributed by atoms with Crippen molar-refractivity contribution in [3.8, 4) is 11.3 Å². The number of rotatable bonds is 8. The van der Waals surface area contributed by atoms with Crippen LogP contribution in [-0.2, 0) is 17.8 Å². The summed E-state index contributed by atoms with van der Waals surface area (Å²) in [5.41, 5.74) is 5.23. The smallest absolute Gasteiger partial charge is 0.272 e. The van der Waals surface area contributed by atoms with E-state index in [1.807, 2.05) is 90.5 Å². The van der Waals surface area contributed by atoms with Crippen LogP contribution in [0.5, 0.6) is 0 Å². The first-order chi connectivity index (χ1) is 16.9. The highest BCUT2D eigenvalue weighted by molar-refractivity contribution is 9.10. The van der Waals surface area contributed by atoms with Crippen LogP contribution in [-0.4, -0.2) is 34.7 Å². The topological polar surface area (TPSA) is 76.0 Å². The average Bonchev–Trinajstić information content (AvgIpc) is 3.28. The summed E-state index contributed by atoms with van der Waals surface area (Å²) in [6, 6.07) is 26.8. The van der Waals surface area contributed by atoms with Crippen molar-refractivity contribution >= 4 is 27.7 Å². The SMILES string of the molecule is CNC(=O)[C@H](Cc1cccc(Br)c1)NC(=O)c1cc(-c2ccc(C)cc2)n(Cc2ccccc2)n1. The molecule has 0 aliphatic heterocycles. The zero-order chi connectivity index (χ0) is 24.8. The Hall–Kier alpha value is -3.71. The second-order valence-corrected chi connectivity index (χ2v) is 9.31. The van der Waals surface area contributed by atoms with E-state index in [1.54, 1.807) is 13.1 Å². The summed E-state index contributed by atoms with van der Waals surface area (Å²) in [5.74, 6) is -0.658. The van der Waals surface area contributed by atoms with E-state index in [9.17, 15) is 9.59 Å². The summed E-state index contributed by atoms with van der Waals surface area (Å²) in [6.45, 7) is 2.56. The number of hydrogen-bond donors (Lipinski definition) is 2. The van der Waals surface area contributed by atoms with E-state index in [0.29, 0.717) is 13.0 Å². The number of aryl methyl sites for hydroxylation is 1. The number of nitrogens with zero attached hydrogens (tertiary/aromatic N) is 2. The monoisotopic (exact) mass is 530 g/mol. The molecule has 0 unspecified atom stereocenters. The number of hydrogen-bond acceptors (Lipinski definition) is 3. The lowest BCUT2D eigenvalue weighted by molar-refractivity contribution is -0.122.